The maximum Gasteiger partial charge on any atom is 0.188 e. The number of rotatable bonds is 6. The minimum atomic E-state index is -0.226. The van der Waals surface area contributed by atoms with Crippen LogP contribution in [-0.2, 0) is 0 Å². The van der Waals surface area contributed by atoms with E-state index in [-0.39, 0.29) is 6.10 Å². The third-order valence-electron chi connectivity index (χ3n) is 1.61. The van der Waals surface area contributed by atoms with Crippen molar-refractivity contribution in [2.24, 2.45) is 10.7 Å². The molecule has 0 aromatic heterocycles. The maximum absolute atomic E-state index is 8.97. The van der Waals surface area contributed by atoms with Gasteiger partial charge in [-0.3, -0.25) is 4.99 Å². The van der Waals surface area contributed by atoms with E-state index in [0.717, 1.165) is 32.4 Å². The van der Waals surface area contributed by atoms with Crippen molar-refractivity contribution < 1.29 is 5.11 Å². The SMILES string of the molecule is CCCN=C(N)NCCCC(C)O. The smallest absolute Gasteiger partial charge is 0.188 e. The highest BCUT2D eigenvalue weighted by Gasteiger charge is 1.95. The van der Waals surface area contributed by atoms with Crippen LogP contribution in [0.4, 0.5) is 0 Å². The summed E-state index contributed by atoms with van der Waals surface area (Å²) >= 11 is 0. The molecule has 0 saturated carbocycles. The van der Waals surface area contributed by atoms with Gasteiger partial charge in [-0.25, -0.2) is 0 Å². The van der Waals surface area contributed by atoms with Gasteiger partial charge in [-0.1, -0.05) is 6.92 Å². The van der Waals surface area contributed by atoms with Gasteiger partial charge in [-0.15, -0.1) is 0 Å². The molecule has 0 radical (unpaired) electrons. The van der Waals surface area contributed by atoms with Gasteiger partial charge in [-0.2, -0.15) is 0 Å². The molecule has 0 aromatic rings. The van der Waals surface area contributed by atoms with E-state index in [1.165, 1.54) is 0 Å². The molecule has 0 heterocycles. The Labute approximate surface area is 80.2 Å². The van der Waals surface area contributed by atoms with Gasteiger partial charge in [0.1, 0.15) is 0 Å². The van der Waals surface area contributed by atoms with Gasteiger partial charge in [0.05, 0.1) is 6.10 Å². The molecule has 0 aromatic carbocycles. The van der Waals surface area contributed by atoms with E-state index in [1.54, 1.807) is 6.92 Å². The molecule has 0 saturated heterocycles. The lowest BCUT2D eigenvalue weighted by molar-refractivity contribution is 0.182. The lowest BCUT2D eigenvalue weighted by Crippen LogP contribution is -2.32. The zero-order valence-corrected chi connectivity index (χ0v) is 8.58. The fourth-order valence-corrected chi connectivity index (χ4v) is 0.902. The largest absolute Gasteiger partial charge is 0.393 e. The first-order valence-electron chi connectivity index (χ1n) is 4.88. The molecule has 0 spiro atoms. The molecule has 4 heteroatoms. The predicted molar refractivity (Wildman–Crippen MR) is 55.7 cm³/mol. The van der Waals surface area contributed by atoms with Gasteiger partial charge in [0.15, 0.2) is 5.96 Å². The van der Waals surface area contributed by atoms with Crippen LogP contribution in [0.3, 0.4) is 0 Å². The van der Waals surface area contributed by atoms with Gasteiger partial charge in [0, 0.05) is 13.1 Å². The highest BCUT2D eigenvalue weighted by molar-refractivity contribution is 5.77. The Kier molecular flexibility index (Phi) is 7.39. The Bertz CT molecular complexity index is 146. The molecular formula is C9H21N3O. The highest BCUT2D eigenvalue weighted by atomic mass is 16.3. The molecule has 0 aliphatic rings. The molecular weight excluding hydrogens is 166 g/mol. The molecule has 78 valence electrons. The maximum atomic E-state index is 8.97. The standard InChI is InChI=1S/C9H21N3O/c1-3-6-11-9(10)12-7-4-5-8(2)13/h8,13H,3-7H2,1-2H3,(H3,10,11,12). The molecule has 0 rings (SSSR count). The molecule has 0 fully saturated rings. The quantitative estimate of drug-likeness (QED) is 0.321. The summed E-state index contributed by atoms with van der Waals surface area (Å²) in [7, 11) is 0. The van der Waals surface area contributed by atoms with Crippen LogP contribution in [0, 0.1) is 0 Å². The van der Waals surface area contributed by atoms with Gasteiger partial charge in [0.25, 0.3) is 0 Å². The van der Waals surface area contributed by atoms with Gasteiger partial charge in [0.2, 0.25) is 0 Å². The van der Waals surface area contributed by atoms with E-state index >= 15 is 0 Å². The van der Waals surface area contributed by atoms with E-state index in [0.29, 0.717) is 5.96 Å². The summed E-state index contributed by atoms with van der Waals surface area (Å²) in [5.74, 6) is 0.507. The van der Waals surface area contributed by atoms with E-state index in [4.69, 9.17) is 10.8 Å². The average molecular weight is 187 g/mol. The Morgan fingerprint density at radius 2 is 2.31 bits per heavy atom. The number of hydrogen-bond donors (Lipinski definition) is 3. The summed E-state index contributed by atoms with van der Waals surface area (Å²) < 4.78 is 0. The third-order valence-corrected chi connectivity index (χ3v) is 1.61. The van der Waals surface area contributed by atoms with Crippen LogP contribution >= 0.6 is 0 Å². The summed E-state index contributed by atoms with van der Waals surface area (Å²) in [5.41, 5.74) is 5.55. The summed E-state index contributed by atoms with van der Waals surface area (Å²) in [6, 6.07) is 0. The third kappa shape index (κ3) is 9.14. The van der Waals surface area contributed by atoms with Crippen LogP contribution in [0.2, 0.25) is 0 Å². The van der Waals surface area contributed by atoms with Crippen molar-refractivity contribution in [3.8, 4) is 0 Å². The normalized spacial score (nSPS) is 14.2. The Hall–Kier alpha value is -0.770. The fourth-order valence-electron chi connectivity index (χ4n) is 0.902. The lowest BCUT2D eigenvalue weighted by Gasteiger charge is -2.06. The zero-order chi connectivity index (χ0) is 10.1. The van der Waals surface area contributed by atoms with Crippen molar-refractivity contribution in [1.82, 2.24) is 5.32 Å². The first kappa shape index (κ1) is 12.2. The second-order valence-corrected chi connectivity index (χ2v) is 3.18. The Morgan fingerprint density at radius 1 is 1.62 bits per heavy atom. The minimum Gasteiger partial charge on any atom is -0.393 e. The molecule has 1 unspecified atom stereocenters. The summed E-state index contributed by atoms with van der Waals surface area (Å²) in [6.07, 6.45) is 2.50. The summed E-state index contributed by atoms with van der Waals surface area (Å²) in [4.78, 5) is 4.08. The van der Waals surface area contributed by atoms with E-state index < -0.39 is 0 Å². The first-order valence-corrected chi connectivity index (χ1v) is 4.88. The fraction of sp³-hybridized carbons (Fsp3) is 0.889. The van der Waals surface area contributed by atoms with E-state index in [9.17, 15) is 0 Å². The second-order valence-electron chi connectivity index (χ2n) is 3.18. The van der Waals surface area contributed by atoms with Crippen LogP contribution in [0.5, 0.6) is 0 Å². The summed E-state index contributed by atoms with van der Waals surface area (Å²) in [5, 5.41) is 12.0. The number of aliphatic imine (C=N–C) groups is 1. The monoisotopic (exact) mass is 187 g/mol. The average Bonchev–Trinajstić information content (AvgIpc) is 2.08. The molecule has 0 aliphatic heterocycles. The molecule has 1 atom stereocenters. The van der Waals surface area contributed by atoms with Crippen molar-refractivity contribution in [2.45, 2.75) is 39.2 Å². The number of nitrogens with zero attached hydrogens (tertiary/aromatic N) is 1. The Morgan fingerprint density at radius 3 is 2.85 bits per heavy atom. The van der Waals surface area contributed by atoms with Crippen LogP contribution in [0.15, 0.2) is 4.99 Å². The lowest BCUT2D eigenvalue weighted by atomic mass is 10.2. The predicted octanol–water partition coefficient (Wildman–Crippen LogP) is 0.462. The Balaban J connectivity index is 3.31. The molecule has 4 N–H and O–H groups in total. The van der Waals surface area contributed by atoms with Crippen molar-refractivity contribution in [3.63, 3.8) is 0 Å². The van der Waals surface area contributed by atoms with Crippen LogP contribution in [0.25, 0.3) is 0 Å². The zero-order valence-electron chi connectivity index (χ0n) is 8.58. The highest BCUT2D eigenvalue weighted by Crippen LogP contribution is 1.92. The van der Waals surface area contributed by atoms with E-state index in [2.05, 4.69) is 17.2 Å². The topological polar surface area (TPSA) is 70.6 Å². The molecule has 0 bridgehead atoms. The van der Waals surface area contributed by atoms with Crippen molar-refractivity contribution in [2.75, 3.05) is 13.1 Å². The number of nitrogens with two attached hydrogens (primary N) is 1. The van der Waals surface area contributed by atoms with Crippen molar-refractivity contribution in [1.29, 1.82) is 0 Å². The van der Waals surface area contributed by atoms with Crippen LogP contribution in [-0.4, -0.2) is 30.3 Å². The van der Waals surface area contributed by atoms with Crippen LogP contribution in [0.1, 0.15) is 33.1 Å². The van der Waals surface area contributed by atoms with Crippen molar-refractivity contribution in [3.05, 3.63) is 0 Å². The first-order chi connectivity index (χ1) is 6.16. The van der Waals surface area contributed by atoms with Crippen molar-refractivity contribution >= 4 is 5.96 Å². The number of hydrogen-bond acceptors (Lipinski definition) is 2. The van der Waals surface area contributed by atoms with E-state index in [1.807, 2.05) is 0 Å². The number of aliphatic hydroxyl groups is 1. The second kappa shape index (κ2) is 7.86. The molecule has 0 aliphatic carbocycles. The van der Waals surface area contributed by atoms with Crippen LogP contribution < -0.4 is 11.1 Å². The molecule has 0 amide bonds. The minimum absolute atomic E-state index is 0.226. The number of nitrogens with one attached hydrogen (secondary N) is 1. The van der Waals surface area contributed by atoms with Gasteiger partial charge < -0.3 is 16.2 Å². The number of aliphatic hydroxyl groups excluding tert-OH is 1. The molecule has 13 heavy (non-hydrogen) atoms. The number of guanidine groups is 1. The van der Waals surface area contributed by atoms with Gasteiger partial charge >= 0.3 is 0 Å². The van der Waals surface area contributed by atoms with Gasteiger partial charge in [-0.05, 0) is 26.2 Å². The molecule has 4 nitrogen and oxygen atoms in total. The summed E-state index contributed by atoms with van der Waals surface area (Å²) in [6.45, 7) is 5.40.